The molecular weight excluding hydrogens is 208 g/mol. The largest absolute Gasteiger partial charge is 0.311 e. The van der Waals surface area contributed by atoms with Crippen LogP contribution in [0, 0.1) is 0 Å². The van der Waals surface area contributed by atoms with Crippen LogP contribution in [0.3, 0.4) is 0 Å². The molecule has 0 aliphatic carbocycles. The molecular formula is C15H24N2. The molecule has 94 valence electrons. The molecule has 0 aromatic carbocycles. The van der Waals surface area contributed by atoms with Crippen molar-refractivity contribution < 1.29 is 0 Å². The summed E-state index contributed by atoms with van der Waals surface area (Å²) >= 11 is 0. The van der Waals surface area contributed by atoms with Gasteiger partial charge in [0.2, 0.25) is 0 Å². The summed E-state index contributed by atoms with van der Waals surface area (Å²) < 4.78 is 0. The smallest absolute Gasteiger partial charge is 0.0270 e. The van der Waals surface area contributed by atoms with Crippen LogP contribution in [0.2, 0.25) is 0 Å². The highest BCUT2D eigenvalue weighted by molar-refractivity contribution is 5.11. The third kappa shape index (κ3) is 6.22. The summed E-state index contributed by atoms with van der Waals surface area (Å²) in [4.78, 5) is 4.04. The van der Waals surface area contributed by atoms with Crippen LogP contribution in [-0.4, -0.2) is 17.6 Å². The van der Waals surface area contributed by atoms with Crippen LogP contribution >= 0.6 is 0 Å². The quantitative estimate of drug-likeness (QED) is 0.729. The normalized spacial score (nSPS) is 12.2. The van der Waals surface area contributed by atoms with Crippen LogP contribution in [-0.2, 0) is 6.42 Å². The molecule has 0 saturated heterocycles. The van der Waals surface area contributed by atoms with Gasteiger partial charge in [-0.25, -0.2) is 0 Å². The van der Waals surface area contributed by atoms with E-state index in [9.17, 15) is 0 Å². The Morgan fingerprint density at radius 3 is 2.65 bits per heavy atom. The molecule has 1 heterocycles. The molecule has 0 aliphatic heterocycles. The number of hydrogen-bond acceptors (Lipinski definition) is 2. The highest BCUT2D eigenvalue weighted by Crippen LogP contribution is 2.06. The van der Waals surface area contributed by atoms with Crippen LogP contribution in [0.15, 0.2) is 36.2 Å². The molecule has 1 N–H and O–H groups in total. The number of nitrogens with one attached hydrogen (secondary N) is 1. The lowest BCUT2D eigenvalue weighted by molar-refractivity contribution is 0.551. The zero-order valence-corrected chi connectivity index (χ0v) is 11.2. The van der Waals surface area contributed by atoms with Crippen molar-refractivity contribution in [3.8, 4) is 0 Å². The van der Waals surface area contributed by atoms with E-state index in [2.05, 4.69) is 49.3 Å². The van der Waals surface area contributed by atoms with E-state index in [0.29, 0.717) is 6.04 Å². The molecule has 1 atom stereocenters. The summed E-state index contributed by atoms with van der Waals surface area (Å²) in [6, 6.07) is 4.69. The van der Waals surface area contributed by atoms with Gasteiger partial charge in [0.25, 0.3) is 0 Å². The van der Waals surface area contributed by atoms with E-state index in [1.165, 1.54) is 17.6 Å². The Bertz CT molecular complexity index is 326. The minimum Gasteiger partial charge on any atom is -0.311 e. The van der Waals surface area contributed by atoms with Gasteiger partial charge in [-0.2, -0.15) is 0 Å². The van der Waals surface area contributed by atoms with Crippen molar-refractivity contribution in [1.82, 2.24) is 10.3 Å². The van der Waals surface area contributed by atoms with Crippen LogP contribution in [0.1, 0.15) is 39.2 Å². The second kappa shape index (κ2) is 8.02. The highest BCUT2D eigenvalue weighted by Gasteiger charge is 2.04. The number of rotatable bonds is 7. The van der Waals surface area contributed by atoms with E-state index in [4.69, 9.17) is 0 Å². The first-order valence-corrected chi connectivity index (χ1v) is 6.49. The molecule has 1 rings (SSSR count). The predicted octanol–water partition coefficient (Wildman–Crippen LogP) is 3.35. The van der Waals surface area contributed by atoms with Crippen LogP contribution in [0.4, 0.5) is 0 Å². The van der Waals surface area contributed by atoms with Gasteiger partial charge in [-0.15, -0.1) is 0 Å². The lowest BCUT2D eigenvalue weighted by Crippen LogP contribution is -2.28. The van der Waals surface area contributed by atoms with E-state index in [1.807, 2.05) is 12.4 Å². The van der Waals surface area contributed by atoms with E-state index in [0.717, 1.165) is 19.4 Å². The Labute approximate surface area is 105 Å². The topological polar surface area (TPSA) is 24.9 Å². The second-order valence-electron chi connectivity index (χ2n) is 4.70. The maximum atomic E-state index is 4.04. The summed E-state index contributed by atoms with van der Waals surface area (Å²) in [5.74, 6) is 0. The van der Waals surface area contributed by atoms with Gasteiger partial charge < -0.3 is 5.32 Å². The van der Waals surface area contributed by atoms with E-state index in [-0.39, 0.29) is 0 Å². The molecule has 1 aromatic rings. The highest BCUT2D eigenvalue weighted by atomic mass is 14.9. The molecule has 1 unspecified atom stereocenters. The minimum atomic E-state index is 0.494. The SMILES string of the molecule is CCCNC(C=C(C)C)CCc1ccncc1. The van der Waals surface area contributed by atoms with Crippen molar-refractivity contribution in [1.29, 1.82) is 0 Å². The zero-order chi connectivity index (χ0) is 12.5. The van der Waals surface area contributed by atoms with Crippen molar-refractivity contribution in [3.63, 3.8) is 0 Å². The molecule has 2 heteroatoms. The molecule has 0 amide bonds. The molecule has 0 saturated carbocycles. The van der Waals surface area contributed by atoms with Gasteiger partial charge in [0.1, 0.15) is 0 Å². The number of allylic oxidation sites excluding steroid dienone is 1. The molecule has 17 heavy (non-hydrogen) atoms. The van der Waals surface area contributed by atoms with Crippen LogP contribution in [0.5, 0.6) is 0 Å². The van der Waals surface area contributed by atoms with Gasteiger partial charge in [-0.05, 0) is 57.4 Å². The van der Waals surface area contributed by atoms with Crippen molar-refractivity contribution in [2.75, 3.05) is 6.54 Å². The molecule has 0 radical (unpaired) electrons. The second-order valence-corrected chi connectivity index (χ2v) is 4.70. The number of aryl methyl sites for hydroxylation is 1. The Balaban J connectivity index is 2.46. The first-order chi connectivity index (χ1) is 8.22. The number of hydrogen-bond donors (Lipinski definition) is 1. The average Bonchev–Trinajstić information content (AvgIpc) is 2.33. The van der Waals surface area contributed by atoms with Crippen LogP contribution < -0.4 is 5.32 Å². The number of pyridine rings is 1. The zero-order valence-electron chi connectivity index (χ0n) is 11.2. The summed E-state index contributed by atoms with van der Waals surface area (Å²) in [5, 5.41) is 3.58. The standard InChI is InChI=1S/C15H24N2/c1-4-9-17-15(12-13(2)3)6-5-14-7-10-16-11-8-14/h7-8,10-12,15,17H,4-6,9H2,1-3H3. The average molecular weight is 232 g/mol. The Morgan fingerprint density at radius 1 is 1.35 bits per heavy atom. The van der Waals surface area contributed by atoms with Gasteiger partial charge in [0, 0.05) is 18.4 Å². The predicted molar refractivity (Wildman–Crippen MR) is 74.1 cm³/mol. The molecule has 0 aliphatic rings. The van der Waals surface area contributed by atoms with Gasteiger partial charge in [-0.1, -0.05) is 18.6 Å². The summed E-state index contributed by atoms with van der Waals surface area (Å²) in [5.41, 5.74) is 2.75. The molecule has 1 aromatic heterocycles. The van der Waals surface area contributed by atoms with Gasteiger partial charge in [0.15, 0.2) is 0 Å². The third-order valence-electron chi connectivity index (χ3n) is 2.68. The van der Waals surface area contributed by atoms with Crippen molar-refractivity contribution in [2.24, 2.45) is 0 Å². The third-order valence-corrected chi connectivity index (χ3v) is 2.68. The Morgan fingerprint density at radius 2 is 2.06 bits per heavy atom. The number of nitrogens with zero attached hydrogens (tertiary/aromatic N) is 1. The van der Waals surface area contributed by atoms with E-state index in [1.54, 1.807) is 0 Å². The molecule has 0 bridgehead atoms. The minimum absolute atomic E-state index is 0.494. The summed E-state index contributed by atoms with van der Waals surface area (Å²) in [6.45, 7) is 7.61. The maximum Gasteiger partial charge on any atom is 0.0270 e. The first kappa shape index (κ1) is 13.9. The monoisotopic (exact) mass is 232 g/mol. The molecule has 2 nitrogen and oxygen atoms in total. The van der Waals surface area contributed by atoms with Crippen molar-refractivity contribution in [3.05, 3.63) is 41.7 Å². The van der Waals surface area contributed by atoms with Crippen molar-refractivity contribution >= 4 is 0 Å². The fourth-order valence-electron chi connectivity index (χ4n) is 1.85. The van der Waals surface area contributed by atoms with Crippen LogP contribution in [0.25, 0.3) is 0 Å². The Kier molecular flexibility index (Phi) is 6.56. The summed E-state index contributed by atoms with van der Waals surface area (Å²) in [6.07, 6.45) is 9.50. The van der Waals surface area contributed by atoms with Gasteiger partial charge in [0.05, 0.1) is 0 Å². The summed E-state index contributed by atoms with van der Waals surface area (Å²) in [7, 11) is 0. The van der Waals surface area contributed by atoms with Crippen molar-refractivity contribution in [2.45, 2.75) is 46.1 Å². The molecule has 0 fully saturated rings. The molecule has 0 spiro atoms. The van der Waals surface area contributed by atoms with Gasteiger partial charge in [-0.3, -0.25) is 4.98 Å². The lowest BCUT2D eigenvalue weighted by atomic mass is 10.0. The Hall–Kier alpha value is -1.15. The fraction of sp³-hybridized carbons (Fsp3) is 0.533. The first-order valence-electron chi connectivity index (χ1n) is 6.49. The lowest BCUT2D eigenvalue weighted by Gasteiger charge is -2.15. The fourth-order valence-corrected chi connectivity index (χ4v) is 1.85. The van der Waals surface area contributed by atoms with Gasteiger partial charge >= 0.3 is 0 Å². The number of aromatic nitrogens is 1. The van der Waals surface area contributed by atoms with E-state index < -0.39 is 0 Å². The van der Waals surface area contributed by atoms with E-state index >= 15 is 0 Å². The maximum absolute atomic E-state index is 4.04.